The van der Waals surface area contributed by atoms with Crippen LogP contribution in [0.2, 0.25) is 0 Å². The number of hydrogen-bond donors (Lipinski definition) is 0. The Bertz CT molecular complexity index is 2550. The molecule has 0 aliphatic heterocycles. The van der Waals surface area contributed by atoms with Crippen LogP contribution >= 0.6 is 0 Å². The summed E-state index contributed by atoms with van der Waals surface area (Å²) in [5, 5.41) is 7.62. The summed E-state index contributed by atoms with van der Waals surface area (Å²) in [6, 6.07) is 61.9. The van der Waals surface area contributed by atoms with Gasteiger partial charge in [0.2, 0.25) is 0 Å². The van der Waals surface area contributed by atoms with E-state index in [0.29, 0.717) is 17.5 Å². The number of aromatic nitrogens is 3. The van der Waals surface area contributed by atoms with Gasteiger partial charge >= 0.3 is 0 Å². The van der Waals surface area contributed by atoms with Crippen LogP contribution in [0, 0.1) is 0 Å². The second-order valence-electron chi connectivity index (χ2n) is 12.1. The summed E-state index contributed by atoms with van der Waals surface area (Å²) in [4.78, 5) is 14.8. The highest BCUT2D eigenvalue weighted by molar-refractivity contribution is 6.17. The SMILES string of the molecule is c1ccc(-c2nc(-c3ccccc3)nc(-c3cccc(-c4cccc(-c5ccc6ccc7c8ccccc8ccc7c6c5)c4)c3)n2)cc1. The van der Waals surface area contributed by atoms with Gasteiger partial charge in [-0.25, -0.2) is 15.0 Å². The van der Waals surface area contributed by atoms with E-state index in [1.807, 2.05) is 60.7 Å². The molecule has 1 aromatic heterocycles. The molecule has 0 saturated heterocycles. The molecule has 0 radical (unpaired) electrons. The number of fused-ring (bicyclic) bond motifs is 5. The van der Waals surface area contributed by atoms with Crippen LogP contribution in [0.5, 0.6) is 0 Å². The van der Waals surface area contributed by atoms with Gasteiger partial charge in [0, 0.05) is 16.7 Å². The molecule has 9 rings (SSSR count). The van der Waals surface area contributed by atoms with Gasteiger partial charge in [-0.2, -0.15) is 0 Å². The largest absolute Gasteiger partial charge is 0.208 e. The Kier molecular flexibility index (Phi) is 6.80. The van der Waals surface area contributed by atoms with Crippen molar-refractivity contribution < 1.29 is 0 Å². The van der Waals surface area contributed by atoms with Gasteiger partial charge in [-0.05, 0) is 72.8 Å². The van der Waals surface area contributed by atoms with Crippen LogP contribution in [0.25, 0.3) is 88.7 Å². The molecule has 224 valence electrons. The van der Waals surface area contributed by atoms with Crippen molar-refractivity contribution in [2.24, 2.45) is 0 Å². The third-order valence-corrected chi connectivity index (χ3v) is 9.09. The van der Waals surface area contributed by atoms with Gasteiger partial charge in [0.1, 0.15) is 0 Å². The van der Waals surface area contributed by atoms with Crippen LogP contribution in [0.1, 0.15) is 0 Å². The van der Waals surface area contributed by atoms with Crippen molar-refractivity contribution in [2.75, 3.05) is 0 Å². The van der Waals surface area contributed by atoms with E-state index in [4.69, 9.17) is 15.0 Å². The molecule has 0 bridgehead atoms. The number of rotatable bonds is 5. The van der Waals surface area contributed by atoms with E-state index >= 15 is 0 Å². The van der Waals surface area contributed by atoms with E-state index in [-0.39, 0.29) is 0 Å². The zero-order valence-corrected chi connectivity index (χ0v) is 26.1. The summed E-state index contributed by atoms with van der Waals surface area (Å²) in [5.74, 6) is 1.96. The molecule has 8 aromatic carbocycles. The first-order valence-electron chi connectivity index (χ1n) is 16.2. The fourth-order valence-electron chi connectivity index (χ4n) is 6.65. The number of benzene rings is 8. The molecule has 9 aromatic rings. The lowest BCUT2D eigenvalue weighted by atomic mass is 9.93. The van der Waals surface area contributed by atoms with Crippen LogP contribution in [0.15, 0.2) is 176 Å². The van der Waals surface area contributed by atoms with Crippen molar-refractivity contribution in [3.05, 3.63) is 176 Å². The first-order chi connectivity index (χ1) is 23.8. The summed E-state index contributed by atoms with van der Waals surface area (Å²) in [7, 11) is 0. The van der Waals surface area contributed by atoms with E-state index in [1.165, 1.54) is 43.4 Å². The van der Waals surface area contributed by atoms with Crippen molar-refractivity contribution in [3.63, 3.8) is 0 Å². The Morgan fingerprint density at radius 2 is 0.646 bits per heavy atom. The van der Waals surface area contributed by atoms with E-state index in [1.54, 1.807) is 0 Å². The van der Waals surface area contributed by atoms with Crippen molar-refractivity contribution in [3.8, 4) is 56.4 Å². The predicted molar refractivity (Wildman–Crippen MR) is 200 cm³/mol. The van der Waals surface area contributed by atoms with Gasteiger partial charge in [0.25, 0.3) is 0 Å². The fourth-order valence-corrected chi connectivity index (χ4v) is 6.65. The van der Waals surface area contributed by atoms with Crippen LogP contribution < -0.4 is 0 Å². The zero-order chi connectivity index (χ0) is 31.9. The highest BCUT2D eigenvalue weighted by Gasteiger charge is 2.13. The third-order valence-electron chi connectivity index (χ3n) is 9.09. The molecule has 0 atom stereocenters. The molecule has 0 amide bonds. The lowest BCUT2D eigenvalue weighted by Crippen LogP contribution is -2.00. The van der Waals surface area contributed by atoms with Crippen molar-refractivity contribution >= 4 is 32.3 Å². The molecule has 0 N–H and O–H groups in total. The Balaban J connectivity index is 1.12. The van der Waals surface area contributed by atoms with Gasteiger partial charge in [-0.15, -0.1) is 0 Å². The molecule has 3 heteroatoms. The van der Waals surface area contributed by atoms with E-state index in [2.05, 4.69) is 115 Å². The molecule has 0 aliphatic carbocycles. The van der Waals surface area contributed by atoms with Gasteiger partial charge in [-0.1, -0.05) is 158 Å². The first-order valence-corrected chi connectivity index (χ1v) is 16.2. The van der Waals surface area contributed by atoms with Gasteiger partial charge in [-0.3, -0.25) is 0 Å². The maximum absolute atomic E-state index is 4.95. The van der Waals surface area contributed by atoms with Crippen molar-refractivity contribution in [1.29, 1.82) is 0 Å². The Hall–Kier alpha value is -6.45. The minimum Gasteiger partial charge on any atom is -0.208 e. The molecule has 0 unspecified atom stereocenters. The van der Waals surface area contributed by atoms with Gasteiger partial charge < -0.3 is 0 Å². The fraction of sp³-hybridized carbons (Fsp3) is 0. The average molecular weight is 612 g/mol. The molecule has 0 spiro atoms. The predicted octanol–water partition coefficient (Wildman–Crippen LogP) is 11.7. The van der Waals surface area contributed by atoms with Crippen LogP contribution in [0.4, 0.5) is 0 Å². The summed E-state index contributed by atoms with van der Waals surface area (Å²) < 4.78 is 0. The van der Waals surface area contributed by atoms with Crippen molar-refractivity contribution in [1.82, 2.24) is 15.0 Å². The Morgan fingerprint density at radius 3 is 1.27 bits per heavy atom. The molecule has 0 saturated carbocycles. The maximum Gasteiger partial charge on any atom is 0.164 e. The molecular formula is C45H29N3. The van der Waals surface area contributed by atoms with Crippen LogP contribution in [-0.2, 0) is 0 Å². The molecular weight excluding hydrogens is 583 g/mol. The summed E-state index contributed by atoms with van der Waals surface area (Å²) in [6.07, 6.45) is 0. The lowest BCUT2D eigenvalue weighted by Gasteiger charge is -2.11. The summed E-state index contributed by atoms with van der Waals surface area (Å²) in [6.45, 7) is 0. The number of hydrogen-bond acceptors (Lipinski definition) is 3. The molecule has 0 fully saturated rings. The highest BCUT2D eigenvalue weighted by Crippen LogP contribution is 2.35. The normalized spacial score (nSPS) is 11.3. The molecule has 0 aliphatic rings. The minimum atomic E-state index is 0.648. The Morgan fingerprint density at radius 1 is 0.229 bits per heavy atom. The third kappa shape index (κ3) is 5.08. The second kappa shape index (κ2) is 11.7. The number of nitrogens with zero attached hydrogens (tertiary/aromatic N) is 3. The van der Waals surface area contributed by atoms with E-state index in [9.17, 15) is 0 Å². The van der Waals surface area contributed by atoms with E-state index < -0.39 is 0 Å². The lowest BCUT2D eigenvalue weighted by molar-refractivity contribution is 1.07. The van der Waals surface area contributed by atoms with Crippen LogP contribution in [-0.4, -0.2) is 15.0 Å². The monoisotopic (exact) mass is 611 g/mol. The molecule has 3 nitrogen and oxygen atoms in total. The standard InChI is InChI=1S/C45H29N3/c1-3-12-32(13-4-1)43-46-44(33-14-5-2-6-15-33)48-45(47-43)38-19-10-18-36(28-38)34-16-9-17-35(27-34)37-22-21-31-24-25-40-39-20-8-7-11-30(39)23-26-41(40)42(31)29-37/h1-29H. The van der Waals surface area contributed by atoms with Gasteiger partial charge in [0.15, 0.2) is 17.5 Å². The first kappa shape index (κ1) is 27.8. The second-order valence-corrected chi connectivity index (χ2v) is 12.1. The maximum atomic E-state index is 4.95. The zero-order valence-electron chi connectivity index (χ0n) is 26.1. The van der Waals surface area contributed by atoms with Crippen molar-refractivity contribution in [2.45, 2.75) is 0 Å². The summed E-state index contributed by atoms with van der Waals surface area (Å²) in [5.41, 5.74) is 7.47. The highest BCUT2D eigenvalue weighted by atomic mass is 15.0. The topological polar surface area (TPSA) is 38.7 Å². The van der Waals surface area contributed by atoms with E-state index in [0.717, 1.165) is 27.8 Å². The summed E-state index contributed by atoms with van der Waals surface area (Å²) >= 11 is 0. The Labute approximate surface area is 278 Å². The molecule has 1 heterocycles. The average Bonchev–Trinajstić information content (AvgIpc) is 3.18. The minimum absolute atomic E-state index is 0.648. The molecule has 48 heavy (non-hydrogen) atoms. The van der Waals surface area contributed by atoms with Gasteiger partial charge in [0.05, 0.1) is 0 Å². The smallest absolute Gasteiger partial charge is 0.164 e. The quantitative estimate of drug-likeness (QED) is 0.182. The van der Waals surface area contributed by atoms with Crippen LogP contribution in [0.3, 0.4) is 0 Å².